The van der Waals surface area contributed by atoms with Crippen LogP contribution in [0.15, 0.2) is 65.5 Å². The molecule has 0 aliphatic heterocycles. The number of hydrogen-bond acceptors (Lipinski definition) is 11. The van der Waals surface area contributed by atoms with Crippen LogP contribution in [-0.2, 0) is 42.7 Å². The zero-order valence-electron chi connectivity index (χ0n) is 28.9. The summed E-state index contributed by atoms with van der Waals surface area (Å²) in [7, 11) is 6.57. The molecule has 0 spiro atoms. The minimum atomic E-state index is -0.245. The average Bonchev–Trinajstić information content (AvgIpc) is 3.10. The van der Waals surface area contributed by atoms with E-state index in [1.165, 1.54) is 0 Å². The van der Waals surface area contributed by atoms with Crippen molar-refractivity contribution in [3.8, 4) is 0 Å². The molecule has 0 bridgehead atoms. The molecular weight excluding hydrogens is 620 g/mol. The molecular formula is C36H52N2O10. The van der Waals surface area contributed by atoms with Gasteiger partial charge in [-0.3, -0.25) is 4.79 Å². The second-order valence-corrected chi connectivity index (χ2v) is 10.9. The number of ketones is 1. The monoisotopic (exact) mass is 672 g/mol. The number of rotatable bonds is 26. The molecule has 0 N–H and O–H groups in total. The van der Waals surface area contributed by atoms with Gasteiger partial charge in [0.2, 0.25) is 0 Å². The van der Waals surface area contributed by atoms with Crippen molar-refractivity contribution in [1.29, 1.82) is 0 Å². The standard InChI is InChI=1S/C36H52N2O10/c1-41-21-25-45-17-13-37(14-18-46-26-22-42-2)31-9-5-29(6-10-31)33-35(39)34(36(33)40)30-7-11-32(12-8-30)38(15-19-47-27-23-43-3)16-20-48-28-24-44-4/h5-12H,13-28H2,1-4H3. The maximum absolute atomic E-state index is 13.3. The van der Waals surface area contributed by atoms with Crippen molar-refractivity contribution in [3.05, 3.63) is 71.0 Å². The van der Waals surface area contributed by atoms with Gasteiger partial charge in [0.1, 0.15) is 13.2 Å². The number of Topliss-reactive ketones (excluding diaryl/α,β-unsaturated/α-hetero) is 1. The first kappa shape index (κ1) is 39.2. The van der Waals surface area contributed by atoms with Gasteiger partial charge in [-0.15, -0.1) is 0 Å². The largest absolute Gasteiger partial charge is 0.871 e. The first-order valence-electron chi connectivity index (χ1n) is 16.4. The van der Waals surface area contributed by atoms with Gasteiger partial charge in [0.15, 0.2) is 24.6 Å². The summed E-state index contributed by atoms with van der Waals surface area (Å²) in [6.07, 6.45) is 7.50. The molecule has 2 aliphatic rings. The van der Waals surface area contributed by atoms with Crippen LogP contribution in [0.1, 0.15) is 5.56 Å². The van der Waals surface area contributed by atoms with E-state index in [1.807, 2.05) is 48.6 Å². The van der Waals surface area contributed by atoms with Crippen LogP contribution in [0.2, 0.25) is 0 Å². The summed E-state index contributed by atoms with van der Waals surface area (Å²) >= 11 is 0. The van der Waals surface area contributed by atoms with E-state index < -0.39 is 0 Å². The molecule has 0 atom stereocenters. The molecule has 1 aromatic rings. The Bertz CT molecular complexity index is 1220. The molecule has 3 rings (SSSR count). The number of benzene rings is 1. The smallest absolute Gasteiger partial charge is 0.200 e. The summed E-state index contributed by atoms with van der Waals surface area (Å²) in [6.45, 7) is 8.92. The Morgan fingerprint density at radius 2 is 1.04 bits per heavy atom. The fourth-order valence-corrected chi connectivity index (χ4v) is 5.01. The maximum Gasteiger partial charge on any atom is 0.200 e. The summed E-state index contributed by atoms with van der Waals surface area (Å²) in [5.41, 5.74) is 3.52. The fourth-order valence-electron chi connectivity index (χ4n) is 5.01. The highest BCUT2D eigenvalue weighted by Gasteiger charge is 2.30. The number of carbonyl (C=O) groups is 1. The van der Waals surface area contributed by atoms with E-state index in [2.05, 4.69) is 9.48 Å². The average molecular weight is 673 g/mol. The topological polar surface area (TPSA) is 120 Å². The number of nitrogens with zero attached hydrogens (tertiary/aromatic N) is 2. The fraction of sp³-hybridized carbons (Fsp3) is 0.556. The summed E-state index contributed by atoms with van der Waals surface area (Å²) in [4.78, 5) is 15.4. The molecule has 2 aliphatic carbocycles. The quantitative estimate of drug-likeness (QED) is 0.0813. The Kier molecular flexibility index (Phi) is 19.0. The third kappa shape index (κ3) is 12.7. The van der Waals surface area contributed by atoms with Gasteiger partial charge >= 0.3 is 0 Å². The highest BCUT2D eigenvalue weighted by atomic mass is 16.5. The highest BCUT2D eigenvalue weighted by molar-refractivity contribution is 6.39. The zero-order chi connectivity index (χ0) is 34.4. The number of carbonyl (C=O) groups excluding carboxylic acids is 1. The molecule has 0 saturated carbocycles. The number of allylic oxidation sites excluding steroid dienone is 7. The SMILES string of the molecule is COCCOCCN(CCOCCOC)c1ccc(C2=C([O-])C(=C3C=CC(=[N+](CCOCCOC)CCOCCOC)C=C3)C2=O)cc1. The van der Waals surface area contributed by atoms with Crippen molar-refractivity contribution in [2.75, 3.05) is 139 Å². The summed E-state index contributed by atoms with van der Waals surface area (Å²) < 4.78 is 45.1. The highest BCUT2D eigenvalue weighted by Crippen LogP contribution is 2.37. The maximum atomic E-state index is 13.3. The van der Waals surface area contributed by atoms with Gasteiger partial charge in [0, 0.05) is 70.5 Å². The van der Waals surface area contributed by atoms with Crippen molar-refractivity contribution in [2.24, 2.45) is 0 Å². The molecule has 0 amide bonds. The van der Waals surface area contributed by atoms with Crippen LogP contribution >= 0.6 is 0 Å². The third-order valence-electron chi connectivity index (χ3n) is 7.70. The number of methoxy groups -OCH3 is 4. The molecule has 0 saturated heterocycles. The molecule has 0 heterocycles. The third-order valence-corrected chi connectivity index (χ3v) is 7.70. The van der Waals surface area contributed by atoms with Crippen LogP contribution < -0.4 is 10.0 Å². The second-order valence-electron chi connectivity index (χ2n) is 10.9. The summed E-state index contributed by atoms with van der Waals surface area (Å²) in [6, 6.07) is 7.50. The molecule has 266 valence electrons. The lowest BCUT2D eigenvalue weighted by Gasteiger charge is -2.32. The lowest BCUT2D eigenvalue weighted by atomic mass is 9.80. The van der Waals surface area contributed by atoms with Gasteiger partial charge in [-0.05, 0) is 35.4 Å². The van der Waals surface area contributed by atoms with Crippen LogP contribution in [0.4, 0.5) is 5.69 Å². The predicted molar refractivity (Wildman–Crippen MR) is 182 cm³/mol. The Balaban J connectivity index is 1.70. The van der Waals surface area contributed by atoms with Crippen LogP contribution in [0.25, 0.3) is 5.57 Å². The van der Waals surface area contributed by atoms with E-state index in [4.69, 9.17) is 37.9 Å². The van der Waals surface area contributed by atoms with E-state index in [9.17, 15) is 9.90 Å². The minimum Gasteiger partial charge on any atom is -0.871 e. The molecule has 48 heavy (non-hydrogen) atoms. The predicted octanol–water partition coefficient (Wildman–Crippen LogP) is 1.68. The van der Waals surface area contributed by atoms with E-state index in [-0.39, 0.29) is 22.7 Å². The van der Waals surface area contributed by atoms with Gasteiger partial charge in [-0.2, -0.15) is 0 Å². The van der Waals surface area contributed by atoms with Crippen LogP contribution in [0, 0.1) is 0 Å². The van der Waals surface area contributed by atoms with E-state index in [0.29, 0.717) is 117 Å². The van der Waals surface area contributed by atoms with Crippen LogP contribution in [0.5, 0.6) is 0 Å². The zero-order valence-corrected chi connectivity index (χ0v) is 28.9. The van der Waals surface area contributed by atoms with E-state index >= 15 is 0 Å². The van der Waals surface area contributed by atoms with Gasteiger partial charge in [0.05, 0.1) is 66.1 Å². The molecule has 12 nitrogen and oxygen atoms in total. The summed E-state index contributed by atoms with van der Waals surface area (Å²) in [5.74, 6) is -0.490. The first-order chi connectivity index (χ1) is 23.5. The Hall–Kier alpha value is -3.20. The van der Waals surface area contributed by atoms with E-state index in [1.54, 1.807) is 28.4 Å². The van der Waals surface area contributed by atoms with Crippen molar-refractivity contribution >= 4 is 22.8 Å². The molecule has 12 heteroatoms. The second kappa shape index (κ2) is 23.2. The van der Waals surface area contributed by atoms with Gasteiger partial charge in [-0.1, -0.05) is 17.9 Å². The lowest BCUT2D eigenvalue weighted by molar-refractivity contribution is -0.532. The van der Waals surface area contributed by atoms with Crippen LogP contribution in [-0.4, -0.2) is 150 Å². The summed E-state index contributed by atoms with van der Waals surface area (Å²) in [5, 5.41) is 13.3. The van der Waals surface area contributed by atoms with E-state index in [0.717, 1.165) is 11.4 Å². The number of ether oxygens (including phenoxy) is 8. The number of hydrogen-bond donors (Lipinski definition) is 0. The van der Waals surface area contributed by atoms with Crippen molar-refractivity contribution in [1.82, 2.24) is 0 Å². The molecule has 0 radical (unpaired) electrons. The molecule has 0 fully saturated rings. The lowest BCUT2D eigenvalue weighted by Crippen LogP contribution is -2.32. The normalized spacial score (nSPS) is 14.3. The Morgan fingerprint density at radius 3 is 1.48 bits per heavy atom. The Labute approximate surface area is 284 Å². The number of anilines is 1. The first-order valence-corrected chi connectivity index (χ1v) is 16.4. The van der Waals surface area contributed by atoms with Crippen LogP contribution in [0.3, 0.4) is 0 Å². The molecule has 1 aromatic carbocycles. The van der Waals surface area contributed by atoms with Crippen molar-refractivity contribution in [3.63, 3.8) is 0 Å². The molecule has 0 aromatic heterocycles. The molecule has 0 unspecified atom stereocenters. The minimum absolute atomic E-state index is 0.209. The van der Waals surface area contributed by atoms with Crippen molar-refractivity contribution in [2.45, 2.75) is 0 Å². The van der Waals surface area contributed by atoms with Crippen molar-refractivity contribution < 1.29 is 52.4 Å². The van der Waals surface area contributed by atoms with Gasteiger partial charge in [-0.25, -0.2) is 4.58 Å². The van der Waals surface area contributed by atoms with Gasteiger partial charge < -0.3 is 47.9 Å². The van der Waals surface area contributed by atoms with Gasteiger partial charge in [0.25, 0.3) is 0 Å². The Morgan fingerprint density at radius 1 is 0.583 bits per heavy atom.